The molecule has 18 heavy (non-hydrogen) atoms. The summed E-state index contributed by atoms with van der Waals surface area (Å²) in [6, 6.07) is 1.75. The van der Waals surface area contributed by atoms with Crippen molar-refractivity contribution in [3.8, 4) is 5.75 Å². The average molecular weight is 248 g/mol. The van der Waals surface area contributed by atoms with Crippen molar-refractivity contribution in [3.63, 3.8) is 0 Å². The molecule has 0 bridgehead atoms. The molecule has 0 radical (unpaired) electrons. The van der Waals surface area contributed by atoms with Crippen LogP contribution in [0.25, 0.3) is 5.65 Å². The highest BCUT2D eigenvalue weighted by molar-refractivity contribution is 5.92. The first kappa shape index (κ1) is 12.4. The van der Waals surface area contributed by atoms with Gasteiger partial charge >= 0.3 is 5.97 Å². The van der Waals surface area contributed by atoms with E-state index < -0.39 is 5.97 Å². The van der Waals surface area contributed by atoms with Gasteiger partial charge in [0.1, 0.15) is 17.0 Å². The Hall–Kier alpha value is -2.04. The third-order valence-electron chi connectivity index (χ3n) is 2.44. The summed E-state index contributed by atoms with van der Waals surface area (Å²) < 4.78 is 12.2. The number of esters is 1. The number of hydrogen-bond donors (Lipinski definition) is 0. The Labute approximate surface area is 105 Å². The van der Waals surface area contributed by atoms with Crippen LogP contribution in [-0.2, 0) is 4.74 Å². The van der Waals surface area contributed by atoms with Crippen LogP contribution in [0.5, 0.6) is 5.75 Å². The maximum Gasteiger partial charge on any atom is 0.343 e. The van der Waals surface area contributed by atoms with Gasteiger partial charge in [0.05, 0.1) is 18.9 Å². The standard InChI is InChI=1S/C13H16N2O3/c1-8(2)18-11-5-12-14-9(3)6-15(12)7-10(11)13(16)17-4/h5-8H,1-4H3. The zero-order valence-corrected chi connectivity index (χ0v) is 10.9. The number of pyridine rings is 1. The van der Waals surface area contributed by atoms with Crippen LogP contribution in [0.2, 0.25) is 0 Å². The maximum absolute atomic E-state index is 11.7. The molecule has 0 saturated carbocycles. The Morgan fingerprint density at radius 3 is 2.72 bits per heavy atom. The number of hydrogen-bond acceptors (Lipinski definition) is 4. The lowest BCUT2D eigenvalue weighted by molar-refractivity contribution is 0.0593. The topological polar surface area (TPSA) is 52.8 Å². The first-order chi connectivity index (χ1) is 8.51. The van der Waals surface area contributed by atoms with E-state index in [-0.39, 0.29) is 6.10 Å². The third-order valence-corrected chi connectivity index (χ3v) is 2.44. The number of carbonyl (C=O) groups is 1. The SMILES string of the molecule is COC(=O)c1cn2cc(C)nc2cc1OC(C)C. The van der Waals surface area contributed by atoms with Gasteiger partial charge in [-0.25, -0.2) is 9.78 Å². The van der Waals surface area contributed by atoms with Crippen molar-refractivity contribution in [1.29, 1.82) is 0 Å². The van der Waals surface area contributed by atoms with E-state index in [0.29, 0.717) is 11.3 Å². The fraction of sp³-hybridized carbons (Fsp3) is 0.385. The van der Waals surface area contributed by atoms with Gasteiger partial charge in [0.25, 0.3) is 0 Å². The highest BCUT2D eigenvalue weighted by atomic mass is 16.5. The van der Waals surface area contributed by atoms with Gasteiger partial charge in [-0.2, -0.15) is 0 Å². The second-order valence-corrected chi connectivity index (χ2v) is 4.36. The summed E-state index contributed by atoms with van der Waals surface area (Å²) >= 11 is 0. The predicted molar refractivity (Wildman–Crippen MR) is 67.0 cm³/mol. The molecule has 2 aromatic heterocycles. The Kier molecular flexibility index (Phi) is 3.23. The molecule has 0 fully saturated rings. The second kappa shape index (κ2) is 4.68. The van der Waals surface area contributed by atoms with Gasteiger partial charge < -0.3 is 13.9 Å². The molecule has 5 heteroatoms. The second-order valence-electron chi connectivity index (χ2n) is 4.36. The normalized spacial score (nSPS) is 10.9. The van der Waals surface area contributed by atoms with Crippen molar-refractivity contribution in [2.45, 2.75) is 26.9 Å². The molecule has 0 amide bonds. The Bertz CT molecular complexity index is 587. The van der Waals surface area contributed by atoms with Crippen LogP contribution in [0.3, 0.4) is 0 Å². The third kappa shape index (κ3) is 2.30. The smallest absolute Gasteiger partial charge is 0.343 e. The van der Waals surface area contributed by atoms with E-state index in [4.69, 9.17) is 9.47 Å². The molecule has 0 atom stereocenters. The molecule has 0 aromatic carbocycles. The number of fused-ring (bicyclic) bond motifs is 1. The fourth-order valence-electron chi connectivity index (χ4n) is 1.76. The van der Waals surface area contributed by atoms with Gasteiger partial charge in [-0.05, 0) is 20.8 Å². The molecule has 96 valence electrons. The van der Waals surface area contributed by atoms with Crippen LogP contribution in [0.4, 0.5) is 0 Å². The van der Waals surface area contributed by atoms with Crippen LogP contribution in [0.15, 0.2) is 18.5 Å². The number of nitrogens with zero attached hydrogens (tertiary/aromatic N) is 2. The average Bonchev–Trinajstić information content (AvgIpc) is 2.65. The highest BCUT2D eigenvalue weighted by Crippen LogP contribution is 2.23. The van der Waals surface area contributed by atoms with Crippen LogP contribution in [0, 0.1) is 6.92 Å². The summed E-state index contributed by atoms with van der Waals surface area (Å²) in [7, 11) is 1.35. The number of rotatable bonds is 3. The van der Waals surface area contributed by atoms with E-state index in [2.05, 4.69) is 4.98 Å². The Morgan fingerprint density at radius 2 is 2.11 bits per heavy atom. The van der Waals surface area contributed by atoms with E-state index in [9.17, 15) is 4.79 Å². The zero-order chi connectivity index (χ0) is 13.3. The van der Waals surface area contributed by atoms with Crippen LogP contribution < -0.4 is 4.74 Å². The van der Waals surface area contributed by atoms with Crippen LogP contribution in [0.1, 0.15) is 29.9 Å². The van der Waals surface area contributed by atoms with E-state index in [1.54, 1.807) is 16.7 Å². The largest absolute Gasteiger partial charge is 0.490 e. The first-order valence-corrected chi connectivity index (χ1v) is 5.75. The van der Waals surface area contributed by atoms with E-state index >= 15 is 0 Å². The zero-order valence-electron chi connectivity index (χ0n) is 10.9. The minimum atomic E-state index is -0.418. The molecule has 0 aliphatic heterocycles. The fourth-order valence-corrected chi connectivity index (χ4v) is 1.76. The van der Waals surface area contributed by atoms with Gasteiger partial charge in [0.15, 0.2) is 0 Å². The van der Waals surface area contributed by atoms with Crippen molar-refractivity contribution < 1.29 is 14.3 Å². The number of aryl methyl sites for hydroxylation is 1. The summed E-state index contributed by atoms with van der Waals surface area (Å²) in [5.41, 5.74) is 2.03. The summed E-state index contributed by atoms with van der Waals surface area (Å²) in [4.78, 5) is 16.1. The molecule has 0 spiro atoms. The Balaban J connectivity index is 2.59. The molecular formula is C13H16N2O3. The van der Waals surface area contributed by atoms with Gasteiger partial charge in [-0.3, -0.25) is 0 Å². The molecule has 0 aliphatic rings. The van der Waals surface area contributed by atoms with Crippen molar-refractivity contribution in [1.82, 2.24) is 9.38 Å². The maximum atomic E-state index is 11.7. The lowest BCUT2D eigenvalue weighted by atomic mass is 10.2. The number of carbonyl (C=O) groups excluding carboxylic acids is 1. The quantitative estimate of drug-likeness (QED) is 0.781. The molecule has 2 heterocycles. The number of aromatic nitrogens is 2. The van der Waals surface area contributed by atoms with Gasteiger partial charge in [-0.1, -0.05) is 0 Å². The summed E-state index contributed by atoms with van der Waals surface area (Å²) in [5, 5.41) is 0. The number of ether oxygens (including phenoxy) is 2. The number of methoxy groups -OCH3 is 1. The summed E-state index contributed by atoms with van der Waals surface area (Å²) in [6.07, 6.45) is 3.51. The molecule has 2 aromatic rings. The summed E-state index contributed by atoms with van der Waals surface area (Å²) in [5.74, 6) is 0.0776. The lowest BCUT2D eigenvalue weighted by Gasteiger charge is -2.13. The van der Waals surface area contributed by atoms with E-state index in [1.807, 2.05) is 27.0 Å². The van der Waals surface area contributed by atoms with Gasteiger partial charge in [-0.15, -0.1) is 0 Å². The summed E-state index contributed by atoms with van der Waals surface area (Å²) in [6.45, 7) is 5.71. The van der Waals surface area contributed by atoms with Gasteiger partial charge in [0, 0.05) is 18.5 Å². The monoisotopic (exact) mass is 248 g/mol. The molecule has 0 saturated heterocycles. The van der Waals surface area contributed by atoms with Crippen molar-refractivity contribution in [2.75, 3.05) is 7.11 Å². The van der Waals surface area contributed by atoms with Crippen molar-refractivity contribution >= 4 is 11.6 Å². The molecule has 0 N–H and O–H groups in total. The van der Waals surface area contributed by atoms with Crippen LogP contribution >= 0.6 is 0 Å². The Morgan fingerprint density at radius 1 is 1.39 bits per heavy atom. The molecule has 0 unspecified atom stereocenters. The van der Waals surface area contributed by atoms with E-state index in [0.717, 1.165) is 11.3 Å². The van der Waals surface area contributed by atoms with Gasteiger partial charge in [0.2, 0.25) is 0 Å². The molecule has 0 aliphatic carbocycles. The van der Waals surface area contributed by atoms with Crippen LogP contribution in [-0.4, -0.2) is 28.6 Å². The minimum Gasteiger partial charge on any atom is -0.490 e. The molecule has 2 rings (SSSR count). The predicted octanol–water partition coefficient (Wildman–Crippen LogP) is 2.22. The number of imidazole rings is 1. The van der Waals surface area contributed by atoms with Crippen molar-refractivity contribution in [2.24, 2.45) is 0 Å². The van der Waals surface area contributed by atoms with Crippen molar-refractivity contribution in [3.05, 3.63) is 29.7 Å². The van der Waals surface area contributed by atoms with E-state index in [1.165, 1.54) is 7.11 Å². The first-order valence-electron chi connectivity index (χ1n) is 5.75. The lowest BCUT2D eigenvalue weighted by Crippen LogP contribution is -2.12. The molecular weight excluding hydrogens is 232 g/mol. The minimum absolute atomic E-state index is 0.0214. The molecule has 5 nitrogen and oxygen atoms in total. The highest BCUT2D eigenvalue weighted by Gasteiger charge is 2.16.